The molecule has 22 heavy (non-hydrogen) atoms. The third kappa shape index (κ3) is 3.42. The van der Waals surface area contributed by atoms with E-state index >= 15 is 0 Å². The summed E-state index contributed by atoms with van der Waals surface area (Å²) in [5.74, 6) is -1.81. The molecule has 116 valence electrons. The van der Waals surface area contributed by atoms with E-state index in [4.69, 9.17) is 4.74 Å². The number of amides is 1. The molecule has 1 amide bonds. The topological polar surface area (TPSA) is 38.3 Å². The minimum atomic E-state index is -0.873. The highest BCUT2D eigenvalue weighted by Crippen LogP contribution is 2.21. The van der Waals surface area contributed by atoms with E-state index in [0.717, 1.165) is 17.7 Å². The summed E-state index contributed by atoms with van der Waals surface area (Å²) >= 11 is 0. The largest absolute Gasteiger partial charge is 0.497 e. The first-order chi connectivity index (χ1) is 10.6. The molecular weight excluding hydrogens is 288 g/mol. The van der Waals surface area contributed by atoms with Crippen molar-refractivity contribution in [2.45, 2.75) is 19.4 Å². The summed E-state index contributed by atoms with van der Waals surface area (Å²) in [7, 11) is 1.56. The van der Waals surface area contributed by atoms with Gasteiger partial charge in [0.05, 0.1) is 13.2 Å². The van der Waals surface area contributed by atoms with Crippen molar-refractivity contribution in [1.82, 2.24) is 5.32 Å². The molecule has 3 nitrogen and oxygen atoms in total. The Morgan fingerprint density at radius 2 is 1.73 bits per heavy atom. The van der Waals surface area contributed by atoms with Crippen molar-refractivity contribution in [3.05, 3.63) is 65.2 Å². The van der Waals surface area contributed by atoms with Crippen molar-refractivity contribution in [2.24, 2.45) is 0 Å². The molecule has 0 aromatic heterocycles. The van der Waals surface area contributed by atoms with Gasteiger partial charge in [0, 0.05) is 0 Å². The molecule has 1 atom stereocenters. The summed E-state index contributed by atoms with van der Waals surface area (Å²) in [5, 5.41) is 2.66. The van der Waals surface area contributed by atoms with Crippen LogP contribution in [0.15, 0.2) is 42.5 Å². The molecule has 5 heteroatoms. The molecule has 0 bridgehead atoms. The van der Waals surface area contributed by atoms with Crippen LogP contribution in [0.1, 0.15) is 35.3 Å². The van der Waals surface area contributed by atoms with Gasteiger partial charge < -0.3 is 10.1 Å². The highest BCUT2D eigenvalue weighted by atomic mass is 19.1. The lowest BCUT2D eigenvalue weighted by Crippen LogP contribution is -2.29. The predicted octanol–water partition coefficient (Wildman–Crippen LogP) is 3.85. The third-order valence-corrected chi connectivity index (χ3v) is 3.42. The van der Waals surface area contributed by atoms with Gasteiger partial charge in [-0.25, -0.2) is 8.78 Å². The molecule has 0 aliphatic heterocycles. The van der Waals surface area contributed by atoms with Gasteiger partial charge >= 0.3 is 0 Å². The summed E-state index contributed by atoms with van der Waals surface area (Å²) < 4.78 is 32.4. The van der Waals surface area contributed by atoms with E-state index in [1.54, 1.807) is 19.2 Å². The van der Waals surface area contributed by atoms with Crippen LogP contribution in [0.25, 0.3) is 0 Å². The maximum Gasteiger partial charge on any atom is 0.257 e. The van der Waals surface area contributed by atoms with Crippen molar-refractivity contribution in [2.75, 3.05) is 7.11 Å². The van der Waals surface area contributed by atoms with Gasteiger partial charge in [-0.3, -0.25) is 4.79 Å². The molecular formula is C17H17F2NO2. The van der Waals surface area contributed by atoms with Gasteiger partial charge in [0.2, 0.25) is 0 Å². The molecule has 2 rings (SSSR count). The van der Waals surface area contributed by atoms with Crippen LogP contribution in [0.4, 0.5) is 8.78 Å². The molecule has 1 unspecified atom stereocenters. The number of hydrogen-bond donors (Lipinski definition) is 1. The van der Waals surface area contributed by atoms with Crippen molar-refractivity contribution in [3.63, 3.8) is 0 Å². The fraction of sp³-hybridized carbons (Fsp3) is 0.235. The van der Waals surface area contributed by atoms with E-state index in [9.17, 15) is 13.6 Å². The lowest BCUT2D eigenvalue weighted by molar-refractivity contribution is 0.0927. The first kappa shape index (κ1) is 15.9. The fourth-order valence-corrected chi connectivity index (χ4v) is 2.20. The Hall–Kier alpha value is -2.43. The van der Waals surface area contributed by atoms with Crippen LogP contribution < -0.4 is 10.1 Å². The van der Waals surface area contributed by atoms with Gasteiger partial charge in [0.25, 0.3) is 5.91 Å². The molecule has 2 aromatic rings. The predicted molar refractivity (Wildman–Crippen MR) is 79.9 cm³/mol. The Kier molecular flexibility index (Phi) is 5.09. The van der Waals surface area contributed by atoms with Crippen LogP contribution >= 0.6 is 0 Å². The number of hydrogen-bond acceptors (Lipinski definition) is 2. The summed E-state index contributed by atoms with van der Waals surface area (Å²) in [4.78, 5) is 12.1. The van der Waals surface area contributed by atoms with Crippen LogP contribution in [0, 0.1) is 11.6 Å². The molecule has 0 aliphatic rings. The zero-order valence-corrected chi connectivity index (χ0v) is 12.4. The minimum Gasteiger partial charge on any atom is -0.497 e. The van der Waals surface area contributed by atoms with E-state index in [2.05, 4.69) is 5.32 Å². The Morgan fingerprint density at radius 1 is 1.14 bits per heavy atom. The molecule has 2 aromatic carbocycles. The molecule has 0 fully saturated rings. The lowest BCUT2D eigenvalue weighted by atomic mass is 10.0. The second kappa shape index (κ2) is 7.02. The second-order valence-electron chi connectivity index (χ2n) is 4.80. The molecule has 0 radical (unpaired) electrons. The highest BCUT2D eigenvalue weighted by Gasteiger charge is 2.20. The quantitative estimate of drug-likeness (QED) is 0.911. The van der Waals surface area contributed by atoms with Gasteiger partial charge in [0.1, 0.15) is 22.9 Å². The first-order valence-corrected chi connectivity index (χ1v) is 6.95. The molecule has 0 heterocycles. The van der Waals surface area contributed by atoms with E-state index in [0.29, 0.717) is 12.2 Å². The van der Waals surface area contributed by atoms with Crippen LogP contribution in [-0.2, 0) is 0 Å². The second-order valence-corrected chi connectivity index (χ2v) is 4.80. The number of carbonyl (C=O) groups excluding carboxylic acids is 1. The Labute approximate surface area is 127 Å². The van der Waals surface area contributed by atoms with Crippen LogP contribution in [-0.4, -0.2) is 13.0 Å². The maximum absolute atomic E-state index is 13.6. The van der Waals surface area contributed by atoms with Crippen LogP contribution in [0.5, 0.6) is 5.75 Å². The fourth-order valence-electron chi connectivity index (χ4n) is 2.20. The standard InChI is InChI=1S/C17H17F2NO2/c1-3-15(11-7-9-12(22-2)10-8-11)20-17(21)16-13(18)5-4-6-14(16)19/h4-10,15H,3H2,1-2H3,(H,20,21). The van der Waals surface area contributed by atoms with E-state index in [1.807, 2.05) is 19.1 Å². The van der Waals surface area contributed by atoms with E-state index in [1.165, 1.54) is 6.07 Å². The van der Waals surface area contributed by atoms with E-state index in [-0.39, 0.29) is 6.04 Å². The van der Waals surface area contributed by atoms with Gasteiger partial charge in [-0.1, -0.05) is 25.1 Å². The SMILES string of the molecule is CCC(NC(=O)c1c(F)cccc1F)c1ccc(OC)cc1. The van der Waals surface area contributed by atoms with Gasteiger partial charge in [-0.15, -0.1) is 0 Å². The highest BCUT2D eigenvalue weighted by molar-refractivity contribution is 5.95. The summed E-state index contributed by atoms with van der Waals surface area (Å²) in [5.41, 5.74) is 0.280. The number of halogens is 2. The van der Waals surface area contributed by atoms with Crippen LogP contribution in [0.3, 0.4) is 0 Å². The Morgan fingerprint density at radius 3 is 2.23 bits per heavy atom. The van der Waals surface area contributed by atoms with Gasteiger partial charge in [-0.2, -0.15) is 0 Å². The normalized spacial score (nSPS) is 11.8. The first-order valence-electron chi connectivity index (χ1n) is 6.95. The molecule has 1 N–H and O–H groups in total. The third-order valence-electron chi connectivity index (χ3n) is 3.42. The average molecular weight is 305 g/mol. The number of nitrogens with one attached hydrogen (secondary N) is 1. The van der Waals surface area contributed by atoms with Gasteiger partial charge in [-0.05, 0) is 36.2 Å². The number of rotatable bonds is 5. The Bertz CT molecular complexity index is 636. The van der Waals surface area contributed by atoms with Gasteiger partial charge in [0.15, 0.2) is 0 Å². The smallest absolute Gasteiger partial charge is 0.257 e. The number of ether oxygens (including phenoxy) is 1. The number of methoxy groups -OCH3 is 1. The summed E-state index contributed by atoms with van der Waals surface area (Å²) in [6, 6.07) is 10.2. The number of carbonyl (C=O) groups is 1. The molecule has 0 saturated heterocycles. The maximum atomic E-state index is 13.6. The zero-order valence-electron chi connectivity index (χ0n) is 12.4. The molecule has 0 aliphatic carbocycles. The molecule has 0 spiro atoms. The monoisotopic (exact) mass is 305 g/mol. The summed E-state index contributed by atoms with van der Waals surface area (Å²) in [6.07, 6.45) is 0.591. The van der Waals surface area contributed by atoms with Crippen molar-refractivity contribution in [1.29, 1.82) is 0 Å². The Balaban J connectivity index is 2.20. The average Bonchev–Trinajstić information content (AvgIpc) is 2.52. The van der Waals surface area contributed by atoms with Crippen molar-refractivity contribution >= 4 is 5.91 Å². The lowest BCUT2D eigenvalue weighted by Gasteiger charge is -2.18. The molecule has 0 saturated carbocycles. The summed E-state index contributed by atoms with van der Waals surface area (Å²) in [6.45, 7) is 1.88. The van der Waals surface area contributed by atoms with E-state index < -0.39 is 23.1 Å². The zero-order chi connectivity index (χ0) is 16.1. The van der Waals surface area contributed by atoms with Crippen LogP contribution in [0.2, 0.25) is 0 Å². The number of benzene rings is 2. The minimum absolute atomic E-state index is 0.336. The van der Waals surface area contributed by atoms with Crippen molar-refractivity contribution in [3.8, 4) is 5.75 Å². The van der Waals surface area contributed by atoms with Crippen molar-refractivity contribution < 1.29 is 18.3 Å².